The zero-order chi connectivity index (χ0) is 14.7. The van der Waals surface area contributed by atoms with E-state index in [0.29, 0.717) is 0 Å². The fourth-order valence-corrected chi connectivity index (χ4v) is 2.92. The third-order valence-corrected chi connectivity index (χ3v) is 3.79. The van der Waals surface area contributed by atoms with E-state index in [1.807, 2.05) is 30.5 Å². The second-order valence-electron chi connectivity index (χ2n) is 5.01. The van der Waals surface area contributed by atoms with Crippen LogP contribution in [0.5, 0.6) is 0 Å². The largest absolute Gasteiger partial charge is 0.256 e. The number of para-hydroxylation sites is 1. The third kappa shape index (κ3) is 3.27. The van der Waals surface area contributed by atoms with Crippen LogP contribution < -0.4 is 0 Å². The minimum Gasteiger partial charge on any atom is -0.256 e. The molecule has 2 aromatic heterocycles. The molecule has 0 fully saturated rings. The molecule has 0 saturated heterocycles. The fraction of sp³-hybridized carbons (Fsp3) is 0.235. The maximum absolute atomic E-state index is 4.66. The SMILES string of the molecule is CCCc1nc(Br)cc(Cc2ccnc3ccccc23)n1. The summed E-state index contributed by atoms with van der Waals surface area (Å²) in [6, 6.07) is 12.3. The Morgan fingerprint density at radius 1 is 1.10 bits per heavy atom. The Morgan fingerprint density at radius 2 is 1.95 bits per heavy atom. The number of benzene rings is 1. The van der Waals surface area contributed by atoms with Crippen LogP contribution >= 0.6 is 15.9 Å². The number of aromatic nitrogens is 3. The van der Waals surface area contributed by atoms with E-state index in [-0.39, 0.29) is 0 Å². The maximum Gasteiger partial charge on any atom is 0.129 e. The molecule has 0 radical (unpaired) electrons. The zero-order valence-electron chi connectivity index (χ0n) is 11.9. The van der Waals surface area contributed by atoms with Gasteiger partial charge in [0.25, 0.3) is 0 Å². The van der Waals surface area contributed by atoms with Crippen LogP contribution in [-0.4, -0.2) is 15.0 Å². The number of nitrogens with zero attached hydrogens (tertiary/aromatic N) is 3. The van der Waals surface area contributed by atoms with Crippen LogP contribution in [0.25, 0.3) is 10.9 Å². The van der Waals surface area contributed by atoms with Crippen LogP contribution in [0.3, 0.4) is 0 Å². The Hall–Kier alpha value is -1.81. The van der Waals surface area contributed by atoms with Gasteiger partial charge in [0.2, 0.25) is 0 Å². The van der Waals surface area contributed by atoms with Crippen LogP contribution in [0.15, 0.2) is 47.2 Å². The molecule has 1 aromatic carbocycles. The van der Waals surface area contributed by atoms with Gasteiger partial charge >= 0.3 is 0 Å². The number of hydrogen-bond donors (Lipinski definition) is 0. The molecule has 3 nitrogen and oxygen atoms in total. The lowest BCUT2D eigenvalue weighted by Gasteiger charge is -2.07. The Balaban J connectivity index is 1.98. The molecule has 0 aliphatic rings. The number of hydrogen-bond acceptors (Lipinski definition) is 3. The second kappa shape index (κ2) is 6.31. The maximum atomic E-state index is 4.66. The lowest BCUT2D eigenvalue weighted by atomic mass is 10.0. The standard InChI is InChI=1S/C17H16BrN3/c1-2-5-17-20-13(11-16(18)21-17)10-12-8-9-19-15-7-4-3-6-14(12)15/h3-4,6-9,11H,2,5,10H2,1H3. The fourth-order valence-electron chi connectivity index (χ4n) is 2.45. The van der Waals surface area contributed by atoms with Crippen LogP contribution in [0.1, 0.15) is 30.4 Å². The van der Waals surface area contributed by atoms with Crippen molar-refractivity contribution >= 4 is 26.8 Å². The van der Waals surface area contributed by atoms with Crippen molar-refractivity contribution in [2.75, 3.05) is 0 Å². The van der Waals surface area contributed by atoms with E-state index in [0.717, 1.165) is 40.9 Å². The summed E-state index contributed by atoms with van der Waals surface area (Å²) >= 11 is 3.48. The highest BCUT2D eigenvalue weighted by Gasteiger charge is 2.07. The minimum atomic E-state index is 0.793. The summed E-state index contributed by atoms with van der Waals surface area (Å²) in [6.07, 6.45) is 4.61. The van der Waals surface area contributed by atoms with Crippen molar-refractivity contribution in [2.45, 2.75) is 26.2 Å². The quantitative estimate of drug-likeness (QED) is 0.663. The topological polar surface area (TPSA) is 38.7 Å². The lowest BCUT2D eigenvalue weighted by molar-refractivity contribution is 0.811. The third-order valence-electron chi connectivity index (χ3n) is 3.38. The average molecular weight is 342 g/mol. The van der Waals surface area contributed by atoms with Gasteiger partial charge < -0.3 is 0 Å². The van der Waals surface area contributed by atoms with Gasteiger partial charge in [-0.15, -0.1) is 0 Å². The molecular weight excluding hydrogens is 326 g/mol. The zero-order valence-corrected chi connectivity index (χ0v) is 13.5. The molecule has 0 aliphatic carbocycles. The van der Waals surface area contributed by atoms with Crippen molar-refractivity contribution in [1.29, 1.82) is 0 Å². The highest BCUT2D eigenvalue weighted by atomic mass is 79.9. The molecule has 4 heteroatoms. The molecule has 0 N–H and O–H groups in total. The lowest BCUT2D eigenvalue weighted by Crippen LogP contribution is -2.01. The second-order valence-corrected chi connectivity index (χ2v) is 5.82. The van der Waals surface area contributed by atoms with Gasteiger partial charge in [0, 0.05) is 30.1 Å². The van der Waals surface area contributed by atoms with E-state index in [2.05, 4.69) is 49.9 Å². The first-order chi connectivity index (χ1) is 10.3. The summed E-state index contributed by atoms with van der Waals surface area (Å²) in [5.74, 6) is 0.903. The van der Waals surface area contributed by atoms with Crippen LogP contribution in [0, 0.1) is 0 Å². The minimum absolute atomic E-state index is 0.793. The summed E-state index contributed by atoms with van der Waals surface area (Å²) in [6.45, 7) is 2.14. The number of fused-ring (bicyclic) bond motifs is 1. The number of aryl methyl sites for hydroxylation is 1. The first-order valence-corrected chi connectivity index (χ1v) is 7.90. The van der Waals surface area contributed by atoms with E-state index in [4.69, 9.17) is 0 Å². The molecule has 0 amide bonds. The van der Waals surface area contributed by atoms with Crippen molar-refractivity contribution in [3.63, 3.8) is 0 Å². The van der Waals surface area contributed by atoms with Gasteiger partial charge in [-0.3, -0.25) is 4.98 Å². The van der Waals surface area contributed by atoms with Gasteiger partial charge in [-0.2, -0.15) is 0 Å². The molecule has 0 saturated carbocycles. The monoisotopic (exact) mass is 341 g/mol. The summed E-state index contributed by atoms with van der Waals surface area (Å²) in [5, 5.41) is 1.19. The highest BCUT2D eigenvalue weighted by Crippen LogP contribution is 2.20. The Labute approximate surface area is 132 Å². The van der Waals surface area contributed by atoms with E-state index >= 15 is 0 Å². The highest BCUT2D eigenvalue weighted by molar-refractivity contribution is 9.10. The normalized spacial score (nSPS) is 11.0. The van der Waals surface area contributed by atoms with Gasteiger partial charge in [0.15, 0.2) is 0 Å². The Morgan fingerprint density at radius 3 is 2.81 bits per heavy atom. The molecule has 0 atom stereocenters. The van der Waals surface area contributed by atoms with E-state index in [9.17, 15) is 0 Å². The van der Waals surface area contributed by atoms with Crippen LogP contribution in [-0.2, 0) is 12.8 Å². The van der Waals surface area contributed by atoms with Gasteiger partial charge in [-0.05, 0) is 46.1 Å². The van der Waals surface area contributed by atoms with Crippen molar-refractivity contribution in [1.82, 2.24) is 15.0 Å². The molecular formula is C17H16BrN3. The molecule has 0 unspecified atom stereocenters. The molecule has 0 aliphatic heterocycles. The number of rotatable bonds is 4. The van der Waals surface area contributed by atoms with E-state index < -0.39 is 0 Å². The molecule has 21 heavy (non-hydrogen) atoms. The van der Waals surface area contributed by atoms with Crippen molar-refractivity contribution in [3.8, 4) is 0 Å². The predicted molar refractivity (Wildman–Crippen MR) is 88.3 cm³/mol. The molecule has 0 bridgehead atoms. The van der Waals surface area contributed by atoms with Crippen molar-refractivity contribution < 1.29 is 0 Å². The number of pyridine rings is 1. The summed E-state index contributed by atoms with van der Waals surface area (Å²) in [5.41, 5.74) is 3.31. The average Bonchev–Trinajstić information content (AvgIpc) is 2.47. The number of halogens is 1. The molecule has 0 spiro atoms. The molecule has 3 rings (SSSR count). The first kappa shape index (κ1) is 14.1. The smallest absolute Gasteiger partial charge is 0.129 e. The first-order valence-electron chi connectivity index (χ1n) is 7.11. The predicted octanol–water partition coefficient (Wildman–Crippen LogP) is 4.33. The van der Waals surface area contributed by atoms with Gasteiger partial charge in [-0.1, -0.05) is 25.1 Å². The van der Waals surface area contributed by atoms with Crippen molar-refractivity contribution in [3.05, 3.63) is 64.3 Å². The van der Waals surface area contributed by atoms with Crippen LogP contribution in [0.4, 0.5) is 0 Å². The Bertz CT molecular complexity index is 766. The summed E-state index contributed by atoms with van der Waals surface area (Å²) in [7, 11) is 0. The molecule has 2 heterocycles. The van der Waals surface area contributed by atoms with Gasteiger partial charge in [0.05, 0.1) is 5.52 Å². The van der Waals surface area contributed by atoms with Crippen molar-refractivity contribution in [2.24, 2.45) is 0 Å². The summed E-state index contributed by atoms with van der Waals surface area (Å²) < 4.78 is 0.856. The van der Waals surface area contributed by atoms with Crippen LogP contribution in [0.2, 0.25) is 0 Å². The van der Waals surface area contributed by atoms with Gasteiger partial charge in [0.1, 0.15) is 10.4 Å². The molecule has 106 valence electrons. The Kier molecular flexibility index (Phi) is 4.25. The molecule has 3 aromatic rings. The van der Waals surface area contributed by atoms with E-state index in [1.54, 1.807) is 0 Å². The summed E-state index contributed by atoms with van der Waals surface area (Å²) in [4.78, 5) is 13.5. The van der Waals surface area contributed by atoms with E-state index in [1.165, 1.54) is 10.9 Å². The van der Waals surface area contributed by atoms with Gasteiger partial charge in [-0.25, -0.2) is 9.97 Å².